The number of thiocarbonyl (C=S) groups is 1. The molecule has 0 amide bonds. The summed E-state index contributed by atoms with van der Waals surface area (Å²) in [6.45, 7) is 5.98. The molecule has 3 heterocycles. The fourth-order valence-electron chi connectivity index (χ4n) is 3.58. The molecule has 2 aliphatic heterocycles. The predicted octanol–water partition coefficient (Wildman–Crippen LogP) is -0.522. The Bertz CT molecular complexity index is 926. The van der Waals surface area contributed by atoms with Gasteiger partial charge in [0.15, 0.2) is 16.6 Å². The zero-order chi connectivity index (χ0) is 19.5. The van der Waals surface area contributed by atoms with Gasteiger partial charge < -0.3 is 34.3 Å². The van der Waals surface area contributed by atoms with Gasteiger partial charge in [0.05, 0.1) is 38.4 Å². The number of pyridine rings is 1. The molecule has 2 aliphatic rings. The van der Waals surface area contributed by atoms with Crippen molar-refractivity contribution in [3.63, 3.8) is 0 Å². The molecule has 0 bridgehead atoms. The summed E-state index contributed by atoms with van der Waals surface area (Å²) >= 11 is 5.48. The third-order valence-electron chi connectivity index (χ3n) is 5.21. The zero-order valence-corrected chi connectivity index (χ0v) is 16.7. The maximum atomic E-state index is 12.6. The summed E-state index contributed by atoms with van der Waals surface area (Å²) in [6, 6.07) is 5.61. The SMILES string of the molecule is CNC(=S)N(CC[NH+]1CCOCC1)Cc1cc2cc3c(cc2[nH]c1=O)OCO3. The van der Waals surface area contributed by atoms with Gasteiger partial charge in [-0.15, -0.1) is 0 Å². The third kappa shape index (κ3) is 4.06. The van der Waals surface area contributed by atoms with Gasteiger partial charge in [0.1, 0.15) is 13.1 Å². The van der Waals surface area contributed by atoms with Crippen LogP contribution in [0.4, 0.5) is 0 Å². The number of aromatic amines is 1. The lowest BCUT2D eigenvalue weighted by Gasteiger charge is -2.29. The lowest BCUT2D eigenvalue weighted by molar-refractivity contribution is -0.907. The zero-order valence-electron chi connectivity index (χ0n) is 15.9. The number of nitrogens with zero attached hydrogens (tertiary/aromatic N) is 1. The topological polar surface area (TPSA) is 80.3 Å². The van der Waals surface area contributed by atoms with E-state index in [1.54, 1.807) is 6.07 Å². The van der Waals surface area contributed by atoms with Crippen LogP contribution in [0.2, 0.25) is 0 Å². The van der Waals surface area contributed by atoms with Crippen LogP contribution in [-0.2, 0) is 11.3 Å². The van der Waals surface area contributed by atoms with Crippen molar-refractivity contribution in [3.05, 3.63) is 34.1 Å². The molecule has 1 fully saturated rings. The minimum atomic E-state index is -0.117. The monoisotopic (exact) mass is 405 g/mol. The van der Waals surface area contributed by atoms with E-state index in [1.807, 2.05) is 24.1 Å². The summed E-state index contributed by atoms with van der Waals surface area (Å²) in [5, 5.41) is 4.59. The van der Waals surface area contributed by atoms with E-state index >= 15 is 0 Å². The van der Waals surface area contributed by atoms with Gasteiger partial charge in [-0.05, 0) is 24.4 Å². The number of fused-ring (bicyclic) bond motifs is 2. The van der Waals surface area contributed by atoms with Crippen LogP contribution in [0.1, 0.15) is 5.56 Å². The van der Waals surface area contributed by atoms with Crippen molar-refractivity contribution in [2.24, 2.45) is 0 Å². The summed E-state index contributed by atoms with van der Waals surface area (Å²) < 4.78 is 16.3. The van der Waals surface area contributed by atoms with Gasteiger partial charge in [0, 0.05) is 24.1 Å². The van der Waals surface area contributed by atoms with Crippen LogP contribution in [0, 0.1) is 0 Å². The number of morpholine rings is 1. The lowest BCUT2D eigenvalue weighted by Crippen LogP contribution is -3.14. The first-order chi connectivity index (χ1) is 13.6. The Balaban J connectivity index is 1.54. The predicted molar refractivity (Wildman–Crippen MR) is 109 cm³/mol. The molecule has 4 rings (SSSR count). The van der Waals surface area contributed by atoms with Gasteiger partial charge >= 0.3 is 0 Å². The molecule has 1 aromatic carbocycles. The molecule has 0 saturated carbocycles. The Morgan fingerprint density at radius 3 is 2.75 bits per heavy atom. The standard InChI is InChI=1S/C19H24N4O4S/c1-20-19(28)23(3-2-22-4-6-25-7-5-22)11-14-8-13-9-16-17(27-12-26-16)10-15(13)21-18(14)24/h8-10H,2-7,11-12H2,1H3,(H,20,28)(H,21,24)/p+1. The molecule has 1 saturated heterocycles. The van der Waals surface area contributed by atoms with Gasteiger partial charge in [-0.2, -0.15) is 0 Å². The van der Waals surface area contributed by atoms with Crippen LogP contribution in [0.15, 0.2) is 23.0 Å². The lowest BCUT2D eigenvalue weighted by atomic mass is 10.1. The van der Waals surface area contributed by atoms with Crippen molar-refractivity contribution in [1.29, 1.82) is 0 Å². The number of benzene rings is 1. The average molecular weight is 406 g/mol. The highest BCUT2D eigenvalue weighted by Gasteiger charge is 2.19. The number of H-pyrrole nitrogens is 1. The van der Waals surface area contributed by atoms with Gasteiger partial charge in [-0.3, -0.25) is 4.79 Å². The minimum Gasteiger partial charge on any atom is -0.454 e. The maximum Gasteiger partial charge on any atom is 0.253 e. The molecule has 3 N–H and O–H groups in total. The van der Waals surface area contributed by atoms with E-state index in [-0.39, 0.29) is 12.4 Å². The number of quaternary nitrogens is 1. The Labute approximate surface area is 168 Å². The van der Waals surface area contributed by atoms with Crippen LogP contribution in [-0.4, -0.2) is 68.2 Å². The van der Waals surface area contributed by atoms with Crippen molar-refractivity contribution in [3.8, 4) is 11.5 Å². The Hall–Kier alpha value is -2.36. The van der Waals surface area contributed by atoms with Crippen molar-refractivity contribution >= 4 is 28.2 Å². The van der Waals surface area contributed by atoms with Gasteiger partial charge in [-0.1, -0.05) is 0 Å². The molecule has 0 atom stereocenters. The molecule has 9 heteroatoms. The van der Waals surface area contributed by atoms with Crippen LogP contribution in [0.25, 0.3) is 10.9 Å². The number of hydrogen-bond acceptors (Lipinski definition) is 5. The summed E-state index contributed by atoms with van der Waals surface area (Å²) in [5.74, 6) is 1.35. The third-order valence-corrected chi connectivity index (χ3v) is 5.67. The number of aromatic nitrogens is 1. The summed E-state index contributed by atoms with van der Waals surface area (Å²) in [7, 11) is 1.81. The van der Waals surface area contributed by atoms with Crippen LogP contribution >= 0.6 is 12.2 Å². The number of rotatable bonds is 5. The Morgan fingerprint density at radius 1 is 1.25 bits per heavy atom. The van der Waals surface area contributed by atoms with Crippen molar-refractivity contribution in [1.82, 2.24) is 15.2 Å². The van der Waals surface area contributed by atoms with E-state index in [1.165, 1.54) is 4.90 Å². The minimum absolute atomic E-state index is 0.117. The van der Waals surface area contributed by atoms with Crippen molar-refractivity contribution in [2.45, 2.75) is 6.54 Å². The van der Waals surface area contributed by atoms with Gasteiger partial charge in [0.25, 0.3) is 5.56 Å². The van der Waals surface area contributed by atoms with Gasteiger partial charge in [0.2, 0.25) is 6.79 Å². The van der Waals surface area contributed by atoms with E-state index in [0.29, 0.717) is 28.7 Å². The first kappa shape index (κ1) is 19.0. The highest BCUT2D eigenvalue weighted by atomic mass is 32.1. The summed E-state index contributed by atoms with van der Waals surface area (Å²) in [4.78, 5) is 19.1. The van der Waals surface area contributed by atoms with Crippen molar-refractivity contribution < 1.29 is 19.1 Å². The van der Waals surface area contributed by atoms with Crippen LogP contribution < -0.4 is 25.2 Å². The number of hydrogen-bond donors (Lipinski definition) is 3. The quantitative estimate of drug-likeness (QED) is 0.578. The second-order valence-corrected chi connectivity index (χ2v) is 7.39. The highest BCUT2D eigenvalue weighted by molar-refractivity contribution is 7.80. The second-order valence-electron chi connectivity index (χ2n) is 7.01. The van der Waals surface area contributed by atoms with Crippen molar-refractivity contribution in [2.75, 3.05) is 53.2 Å². The van der Waals surface area contributed by atoms with E-state index in [2.05, 4.69) is 10.3 Å². The highest BCUT2D eigenvalue weighted by Crippen LogP contribution is 2.35. The summed E-state index contributed by atoms with van der Waals surface area (Å²) in [6.07, 6.45) is 0. The molecule has 1 aromatic heterocycles. The smallest absolute Gasteiger partial charge is 0.253 e. The molecule has 0 unspecified atom stereocenters. The molecule has 28 heavy (non-hydrogen) atoms. The molecule has 8 nitrogen and oxygen atoms in total. The first-order valence-corrected chi connectivity index (χ1v) is 9.88. The largest absolute Gasteiger partial charge is 0.454 e. The van der Waals surface area contributed by atoms with Gasteiger partial charge in [-0.25, -0.2) is 0 Å². The molecule has 0 radical (unpaired) electrons. The van der Waals surface area contributed by atoms with E-state index < -0.39 is 0 Å². The Kier molecular flexibility index (Phi) is 5.65. The van der Waals surface area contributed by atoms with E-state index in [0.717, 1.165) is 50.3 Å². The fraction of sp³-hybridized carbons (Fsp3) is 0.474. The van der Waals surface area contributed by atoms with E-state index in [4.69, 9.17) is 26.4 Å². The second kappa shape index (κ2) is 8.34. The molecular formula is C19H25N4O4S+. The van der Waals surface area contributed by atoms with Crippen LogP contribution in [0.5, 0.6) is 11.5 Å². The molecule has 0 aliphatic carbocycles. The molecule has 0 spiro atoms. The fourth-order valence-corrected chi connectivity index (χ4v) is 3.73. The molecule has 150 valence electrons. The Morgan fingerprint density at radius 2 is 2.00 bits per heavy atom. The van der Waals surface area contributed by atoms with Crippen LogP contribution in [0.3, 0.4) is 0 Å². The maximum absolute atomic E-state index is 12.6. The molecule has 2 aromatic rings. The first-order valence-electron chi connectivity index (χ1n) is 9.47. The van der Waals surface area contributed by atoms with E-state index in [9.17, 15) is 4.79 Å². The molecular weight excluding hydrogens is 380 g/mol. The number of nitrogens with one attached hydrogen (secondary N) is 3. The summed E-state index contributed by atoms with van der Waals surface area (Å²) in [5.41, 5.74) is 1.29. The average Bonchev–Trinajstić information content (AvgIpc) is 3.17. The number of ether oxygens (including phenoxy) is 3. The normalized spacial score (nSPS) is 16.3.